The second kappa shape index (κ2) is 7.57. The molecule has 0 aliphatic heterocycles. The first kappa shape index (κ1) is 27.1. The van der Waals surface area contributed by atoms with Crippen LogP contribution in [0.25, 0.3) is 4.85 Å². The van der Waals surface area contributed by atoms with Crippen molar-refractivity contribution in [1.82, 2.24) is 0 Å². The van der Waals surface area contributed by atoms with Gasteiger partial charge in [-0.15, -0.1) is 0 Å². The van der Waals surface area contributed by atoms with Crippen LogP contribution in [0.1, 0.15) is 93.4 Å². The molecule has 5 aliphatic rings. The first-order valence-electron chi connectivity index (χ1n) is 14.0. The minimum atomic E-state index is -3.45. The predicted octanol–water partition coefficient (Wildman–Crippen LogP) is 7.21. The third-order valence-electron chi connectivity index (χ3n) is 12.6. The standard InChI is InChI=1S/C31H44NO4P/c1-26(2)12-14-31(37(9,35)36)15-13-30(7)24(19(31)17-26)21(33)16-23-28(5)18-20(32-8)25(34)27(3,4)22(28)10-11-29(23,30)6/h16,18-19,22,24H,10-15,17H2,1-7,9H3,(H,35,36)/t19-,22-,24-,28-,29+,30+,31-/m0/s1. The van der Waals surface area contributed by atoms with Crippen LogP contribution in [0.5, 0.6) is 0 Å². The summed E-state index contributed by atoms with van der Waals surface area (Å²) >= 11 is 0. The molecule has 3 saturated carbocycles. The quantitative estimate of drug-likeness (QED) is 0.290. The second-order valence-corrected chi connectivity index (χ2v) is 17.9. The molecule has 0 radical (unpaired) electrons. The lowest BCUT2D eigenvalue weighted by atomic mass is 9.36. The molecular formula is C31H44NO4P. The molecule has 0 aromatic carbocycles. The average molecular weight is 526 g/mol. The van der Waals surface area contributed by atoms with Gasteiger partial charge in [0.05, 0.1) is 11.7 Å². The van der Waals surface area contributed by atoms with Crippen LogP contribution in [0.15, 0.2) is 23.4 Å². The predicted molar refractivity (Wildman–Crippen MR) is 146 cm³/mol. The summed E-state index contributed by atoms with van der Waals surface area (Å²) in [5, 5.41) is -0.693. The summed E-state index contributed by atoms with van der Waals surface area (Å²) in [6.45, 7) is 24.4. The number of ketones is 2. The molecule has 0 saturated heterocycles. The topological polar surface area (TPSA) is 75.8 Å². The third kappa shape index (κ3) is 3.21. The minimum absolute atomic E-state index is 0.0230. The zero-order chi connectivity index (χ0) is 27.6. The third-order valence-corrected chi connectivity index (χ3v) is 15.1. The maximum absolute atomic E-state index is 14.4. The van der Waals surface area contributed by atoms with Crippen molar-refractivity contribution >= 4 is 18.9 Å². The number of carbonyl (C=O) groups excluding carboxylic acids is 2. The van der Waals surface area contributed by atoms with E-state index in [4.69, 9.17) is 6.57 Å². The fourth-order valence-electron chi connectivity index (χ4n) is 10.3. The van der Waals surface area contributed by atoms with Crippen LogP contribution >= 0.6 is 7.37 Å². The molecule has 1 N–H and O–H groups in total. The molecule has 0 aromatic rings. The largest absolute Gasteiger partial charge is 0.344 e. The molecule has 0 spiro atoms. The Morgan fingerprint density at radius 1 is 1.00 bits per heavy atom. The van der Waals surface area contributed by atoms with Crippen LogP contribution < -0.4 is 0 Å². The Hall–Kier alpha value is -1.50. The Labute approximate surface area is 222 Å². The number of allylic oxidation sites excluding steroid dienone is 4. The van der Waals surface area contributed by atoms with Gasteiger partial charge in [-0.05, 0) is 79.1 Å². The van der Waals surface area contributed by atoms with E-state index in [0.717, 1.165) is 37.7 Å². The first-order valence-corrected chi connectivity index (χ1v) is 16.1. The highest BCUT2D eigenvalue weighted by Gasteiger charge is 2.71. The average Bonchev–Trinajstić information content (AvgIpc) is 2.76. The summed E-state index contributed by atoms with van der Waals surface area (Å²) < 4.78 is 13.6. The maximum Gasteiger partial charge on any atom is 0.226 e. The summed E-state index contributed by atoms with van der Waals surface area (Å²) in [6.07, 6.45) is 9.31. The van der Waals surface area contributed by atoms with Crippen LogP contribution in [-0.4, -0.2) is 28.3 Å². The molecular weight excluding hydrogens is 481 g/mol. The van der Waals surface area contributed by atoms with E-state index in [2.05, 4.69) is 39.5 Å². The molecule has 0 amide bonds. The molecule has 8 atom stereocenters. The van der Waals surface area contributed by atoms with Crippen LogP contribution in [0.2, 0.25) is 0 Å². The van der Waals surface area contributed by atoms with Crippen molar-refractivity contribution in [1.29, 1.82) is 0 Å². The number of hydrogen-bond acceptors (Lipinski definition) is 3. The number of rotatable bonds is 1. The molecule has 5 aliphatic carbocycles. The van der Waals surface area contributed by atoms with Crippen LogP contribution in [-0.2, 0) is 14.2 Å². The van der Waals surface area contributed by atoms with Crippen LogP contribution in [0, 0.1) is 51.4 Å². The maximum atomic E-state index is 14.4. The molecule has 6 heteroatoms. The lowest BCUT2D eigenvalue weighted by molar-refractivity contribution is -0.153. The Kier molecular flexibility index (Phi) is 5.54. The zero-order valence-electron chi connectivity index (χ0n) is 23.9. The monoisotopic (exact) mass is 525 g/mol. The molecule has 5 nitrogen and oxygen atoms in total. The van der Waals surface area contributed by atoms with Gasteiger partial charge in [-0.3, -0.25) is 9.36 Å². The highest BCUT2D eigenvalue weighted by molar-refractivity contribution is 7.58. The highest BCUT2D eigenvalue weighted by Crippen LogP contribution is 2.77. The normalized spacial score (nSPS) is 47.6. The number of carbonyl (C=O) groups is 2. The molecule has 37 heavy (non-hydrogen) atoms. The Balaban J connectivity index is 1.72. The van der Waals surface area contributed by atoms with Crippen molar-refractivity contribution in [3.63, 3.8) is 0 Å². The van der Waals surface area contributed by atoms with Gasteiger partial charge in [0.15, 0.2) is 11.6 Å². The summed E-state index contributed by atoms with van der Waals surface area (Å²) in [5.41, 5.74) is -0.574. The molecule has 0 aromatic heterocycles. The summed E-state index contributed by atoms with van der Waals surface area (Å²) in [6, 6.07) is 0. The first-order chi connectivity index (χ1) is 16.8. The van der Waals surface area contributed by atoms with E-state index >= 15 is 0 Å². The Morgan fingerprint density at radius 3 is 2.22 bits per heavy atom. The number of Topliss-reactive ketones (excluding diaryl/α,β-unsaturated/α-hetero) is 1. The van der Waals surface area contributed by atoms with Crippen LogP contribution in [0.4, 0.5) is 0 Å². The summed E-state index contributed by atoms with van der Waals surface area (Å²) in [4.78, 5) is 42.3. The van der Waals surface area contributed by atoms with Crippen molar-refractivity contribution in [3.05, 3.63) is 34.8 Å². The fraction of sp³-hybridized carbons (Fsp3) is 0.774. The van der Waals surface area contributed by atoms with Crippen molar-refractivity contribution in [2.45, 2.75) is 98.6 Å². The van der Waals surface area contributed by atoms with Gasteiger partial charge in [-0.25, -0.2) is 4.85 Å². The van der Waals surface area contributed by atoms with Gasteiger partial charge in [0, 0.05) is 23.4 Å². The molecule has 202 valence electrons. The van der Waals surface area contributed by atoms with Gasteiger partial charge in [0.2, 0.25) is 13.1 Å². The Morgan fingerprint density at radius 2 is 1.62 bits per heavy atom. The highest BCUT2D eigenvalue weighted by atomic mass is 31.2. The smallest absolute Gasteiger partial charge is 0.226 e. The summed E-state index contributed by atoms with van der Waals surface area (Å²) in [5.74, 6) is -0.395. The van der Waals surface area contributed by atoms with E-state index in [-0.39, 0.29) is 51.3 Å². The van der Waals surface area contributed by atoms with E-state index in [0.29, 0.717) is 12.8 Å². The number of nitrogens with zero attached hydrogens (tertiary/aromatic N) is 1. The van der Waals surface area contributed by atoms with Crippen molar-refractivity contribution in [2.24, 2.45) is 44.8 Å². The minimum Gasteiger partial charge on any atom is -0.344 e. The Bertz CT molecular complexity index is 1250. The van der Waals surface area contributed by atoms with E-state index < -0.39 is 23.4 Å². The van der Waals surface area contributed by atoms with Gasteiger partial charge in [0.25, 0.3) is 0 Å². The lowest BCUT2D eigenvalue weighted by Gasteiger charge is -2.69. The molecule has 0 heterocycles. The van der Waals surface area contributed by atoms with Gasteiger partial charge in [-0.1, -0.05) is 60.1 Å². The second-order valence-electron chi connectivity index (χ2n) is 15.2. The van der Waals surface area contributed by atoms with E-state index in [1.165, 1.54) is 6.66 Å². The molecule has 5 rings (SSSR count). The van der Waals surface area contributed by atoms with E-state index in [1.54, 1.807) is 0 Å². The number of hydrogen-bond donors (Lipinski definition) is 1. The zero-order valence-corrected chi connectivity index (χ0v) is 24.8. The molecule has 3 fully saturated rings. The lowest BCUT2D eigenvalue weighted by Crippen LogP contribution is -2.66. The van der Waals surface area contributed by atoms with Crippen molar-refractivity contribution in [2.75, 3.05) is 6.66 Å². The summed E-state index contributed by atoms with van der Waals surface area (Å²) in [7, 11) is -3.45. The SMILES string of the molecule is [C-]#[N+]C1=C[C@]2(C)C3=CC(=O)[C@@H]4[C@@H]5CC(C)(C)CC[C@]5(P(C)(=O)O)CC[C@@]4(C)[C@]3(C)CC[C@H]2C(C)(C)C1=O. The van der Waals surface area contributed by atoms with E-state index in [9.17, 15) is 19.0 Å². The van der Waals surface area contributed by atoms with E-state index in [1.807, 2.05) is 26.0 Å². The molecule has 1 unspecified atom stereocenters. The van der Waals surface area contributed by atoms with Gasteiger partial charge in [-0.2, -0.15) is 0 Å². The molecule has 0 bridgehead atoms. The van der Waals surface area contributed by atoms with Gasteiger partial charge < -0.3 is 9.69 Å². The van der Waals surface area contributed by atoms with Gasteiger partial charge >= 0.3 is 0 Å². The number of fused-ring (bicyclic) bond motifs is 7. The van der Waals surface area contributed by atoms with Crippen molar-refractivity contribution in [3.8, 4) is 0 Å². The van der Waals surface area contributed by atoms with Gasteiger partial charge in [0.1, 0.15) is 0 Å². The fourth-order valence-corrected chi connectivity index (χ4v) is 12.2. The van der Waals surface area contributed by atoms with Crippen molar-refractivity contribution < 1.29 is 19.0 Å². The van der Waals surface area contributed by atoms with Crippen LogP contribution in [0.3, 0.4) is 0 Å².